The Balaban J connectivity index is 1.97. The number of unbranched alkanes of at least 4 members (excludes halogenated alkanes) is 3. The second-order valence-electron chi connectivity index (χ2n) is 3.62. The standard InChI is InChI=1S/C10H20N2OS/c1-2-3-4-5-6-11-10(13)9-7-14-8-12-9/h9,12H,2-8H2,1H3,(H,11,13). The van der Waals surface area contributed by atoms with Crippen LogP contribution in [0.4, 0.5) is 0 Å². The fraction of sp³-hybridized carbons (Fsp3) is 0.900. The maximum atomic E-state index is 11.5. The molecule has 82 valence electrons. The van der Waals surface area contributed by atoms with E-state index in [0.29, 0.717) is 0 Å². The Morgan fingerprint density at radius 3 is 3.00 bits per heavy atom. The highest BCUT2D eigenvalue weighted by Gasteiger charge is 2.21. The van der Waals surface area contributed by atoms with Gasteiger partial charge < -0.3 is 5.32 Å². The second kappa shape index (κ2) is 7.12. The van der Waals surface area contributed by atoms with Crippen molar-refractivity contribution in [2.45, 2.75) is 38.6 Å². The molecule has 0 radical (unpaired) electrons. The highest BCUT2D eigenvalue weighted by molar-refractivity contribution is 7.99. The molecular weight excluding hydrogens is 196 g/mol. The molecule has 0 aromatic rings. The van der Waals surface area contributed by atoms with E-state index in [1.807, 2.05) is 0 Å². The Bertz CT molecular complexity index is 170. The van der Waals surface area contributed by atoms with Gasteiger partial charge in [0.2, 0.25) is 5.91 Å². The maximum absolute atomic E-state index is 11.5. The molecule has 14 heavy (non-hydrogen) atoms. The zero-order valence-corrected chi connectivity index (χ0v) is 9.66. The molecular formula is C10H20N2OS. The lowest BCUT2D eigenvalue weighted by atomic mass is 10.2. The molecule has 3 nitrogen and oxygen atoms in total. The van der Waals surface area contributed by atoms with E-state index in [0.717, 1.165) is 24.6 Å². The first kappa shape index (κ1) is 11.9. The van der Waals surface area contributed by atoms with Crippen molar-refractivity contribution in [1.82, 2.24) is 10.6 Å². The molecule has 1 amide bonds. The van der Waals surface area contributed by atoms with E-state index in [1.54, 1.807) is 11.8 Å². The third-order valence-corrected chi connectivity index (χ3v) is 3.30. The monoisotopic (exact) mass is 216 g/mol. The van der Waals surface area contributed by atoms with Gasteiger partial charge in [-0.15, -0.1) is 11.8 Å². The number of carbonyl (C=O) groups is 1. The van der Waals surface area contributed by atoms with Crippen molar-refractivity contribution in [3.05, 3.63) is 0 Å². The number of nitrogens with one attached hydrogen (secondary N) is 2. The van der Waals surface area contributed by atoms with Crippen LogP contribution in [0.1, 0.15) is 32.6 Å². The zero-order chi connectivity index (χ0) is 10.2. The summed E-state index contributed by atoms with van der Waals surface area (Å²) in [5.74, 6) is 2.00. The number of thioether (sulfide) groups is 1. The van der Waals surface area contributed by atoms with Gasteiger partial charge in [0.15, 0.2) is 0 Å². The van der Waals surface area contributed by atoms with Crippen molar-refractivity contribution in [2.24, 2.45) is 0 Å². The van der Waals surface area contributed by atoms with Crippen LogP contribution in [-0.4, -0.2) is 30.1 Å². The Morgan fingerprint density at radius 1 is 1.50 bits per heavy atom. The van der Waals surface area contributed by atoms with Crippen LogP contribution < -0.4 is 10.6 Å². The Hall–Kier alpha value is -0.220. The summed E-state index contributed by atoms with van der Waals surface area (Å²) in [6.45, 7) is 3.03. The minimum atomic E-state index is 0.0474. The van der Waals surface area contributed by atoms with Gasteiger partial charge in [-0.1, -0.05) is 26.2 Å². The van der Waals surface area contributed by atoms with Crippen LogP contribution in [0.15, 0.2) is 0 Å². The molecule has 0 bridgehead atoms. The third-order valence-electron chi connectivity index (χ3n) is 2.36. The summed E-state index contributed by atoms with van der Waals surface area (Å²) >= 11 is 1.79. The van der Waals surface area contributed by atoms with E-state index in [4.69, 9.17) is 0 Å². The number of amides is 1. The van der Waals surface area contributed by atoms with Crippen molar-refractivity contribution in [3.63, 3.8) is 0 Å². The predicted octanol–water partition coefficient (Wildman–Crippen LogP) is 1.35. The van der Waals surface area contributed by atoms with Crippen molar-refractivity contribution < 1.29 is 4.79 Å². The van der Waals surface area contributed by atoms with Crippen molar-refractivity contribution in [1.29, 1.82) is 0 Å². The Labute approximate surface area is 90.4 Å². The molecule has 0 aliphatic carbocycles. The first-order chi connectivity index (χ1) is 6.84. The molecule has 0 spiro atoms. The topological polar surface area (TPSA) is 41.1 Å². The summed E-state index contributed by atoms with van der Waals surface area (Å²) in [6.07, 6.45) is 4.85. The SMILES string of the molecule is CCCCCCNC(=O)C1CSCN1. The first-order valence-corrected chi connectivity index (χ1v) is 6.59. The lowest BCUT2D eigenvalue weighted by Gasteiger charge is -2.09. The van der Waals surface area contributed by atoms with Crippen LogP contribution in [0.25, 0.3) is 0 Å². The van der Waals surface area contributed by atoms with Gasteiger partial charge in [0.1, 0.15) is 0 Å². The summed E-state index contributed by atoms with van der Waals surface area (Å²) in [6, 6.07) is 0.0474. The third kappa shape index (κ3) is 4.33. The van der Waals surface area contributed by atoms with Crippen LogP contribution in [0.5, 0.6) is 0 Å². The molecule has 1 aliphatic heterocycles. The fourth-order valence-corrected chi connectivity index (χ4v) is 2.39. The van der Waals surface area contributed by atoms with E-state index in [1.165, 1.54) is 19.3 Å². The normalized spacial score (nSPS) is 21.1. The number of carbonyl (C=O) groups excluding carboxylic acids is 1. The Kier molecular flexibility index (Phi) is 6.03. The summed E-state index contributed by atoms with van der Waals surface area (Å²) in [4.78, 5) is 11.5. The summed E-state index contributed by atoms with van der Waals surface area (Å²) < 4.78 is 0. The molecule has 1 aliphatic rings. The highest BCUT2D eigenvalue weighted by atomic mass is 32.2. The van der Waals surface area contributed by atoms with E-state index in [9.17, 15) is 4.79 Å². The maximum Gasteiger partial charge on any atom is 0.238 e. The minimum absolute atomic E-state index is 0.0474. The lowest BCUT2D eigenvalue weighted by Crippen LogP contribution is -2.42. The molecule has 2 N–H and O–H groups in total. The molecule has 4 heteroatoms. The van der Waals surface area contributed by atoms with Crippen LogP contribution >= 0.6 is 11.8 Å². The van der Waals surface area contributed by atoms with Crippen LogP contribution in [0, 0.1) is 0 Å². The molecule has 1 atom stereocenters. The molecule has 0 aromatic carbocycles. The van der Waals surface area contributed by atoms with Gasteiger partial charge in [-0.2, -0.15) is 0 Å². The first-order valence-electron chi connectivity index (χ1n) is 5.43. The van der Waals surface area contributed by atoms with E-state index in [2.05, 4.69) is 17.6 Å². The van der Waals surface area contributed by atoms with Gasteiger partial charge in [0.25, 0.3) is 0 Å². The summed E-state index contributed by atoms with van der Waals surface area (Å²) in [5.41, 5.74) is 0. The van der Waals surface area contributed by atoms with Gasteiger partial charge in [0, 0.05) is 18.2 Å². The average Bonchev–Trinajstić information content (AvgIpc) is 2.70. The van der Waals surface area contributed by atoms with Gasteiger partial charge in [-0.25, -0.2) is 0 Å². The largest absolute Gasteiger partial charge is 0.355 e. The number of hydrogen-bond acceptors (Lipinski definition) is 3. The summed E-state index contributed by atoms with van der Waals surface area (Å²) in [5, 5.41) is 6.13. The van der Waals surface area contributed by atoms with Crippen LogP contribution in [0.3, 0.4) is 0 Å². The number of hydrogen-bond donors (Lipinski definition) is 2. The zero-order valence-electron chi connectivity index (χ0n) is 8.84. The predicted molar refractivity (Wildman–Crippen MR) is 61.4 cm³/mol. The minimum Gasteiger partial charge on any atom is -0.355 e. The molecule has 1 unspecified atom stereocenters. The van der Waals surface area contributed by atoms with E-state index < -0.39 is 0 Å². The fourth-order valence-electron chi connectivity index (χ4n) is 1.45. The smallest absolute Gasteiger partial charge is 0.238 e. The quantitative estimate of drug-likeness (QED) is 0.658. The Morgan fingerprint density at radius 2 is 2.36 bits per heavy atom. The molecule has 0 saturated carbocycles. The molecule has 1 heterocycles. The van der Waals surface area contributed by atoms with E-state index >= 15 is 0 Å². The van der Waals surface area contributed by atoms with Crippen molar-refractivity contribution in [2.75, 3.05) is 18.2 Å². The van der Waals surface area contributed by atoms with Crippen LogP contribution in [0.2, 0.25) is 0 Å². The van der Waals surface area contributed by atoms with Gasteiger partial charge in [0.05, 0.1) is 6.04 Å². The van der Waals surface area contributed by atoms with E-state index in [-0.39, 0.29) is 11.9 Å². The average molecular weight is 216 g/mol. The van der Waals surface area contributed by atoms with Gasteiger partial charge in [-0.05, 0) is 6.42 Å². The second-order valence-corrected chi connectivity index (χ2v) is 4.65. The van der Waals surface area contributed by atoms with Gasteiger partial charge >= 0.3 is 0 Å². The van der Waals surface area contributed by atoms with Gasteiger partial charge in [-0.3, -0.25) is 10.1 Å². The van der Waals surface area contributed by atoms with Crippen molar-refractivity contribution >= 4 is 17.7 Å². The highest BCUT2D eigenvalue weighted by Crippen LogP contribution is 2.09. The molecule has 1 saturated heterocycles. The lowest BCUT2D eigenvalue weighted by molar-refractivity contribution is -0.122. The molecule has 1 fully saturated rings. The molecule has 1 rings (SSSR count). The van der Waals surface area contributed by atoms with Crippen LogP contribution in [-0.2, 0) is 4.79 Å². The van der Waals surface area contributed by atoms with Crippen molar-refractivity contribution in [3.8, 4) is 0 Å². The number of rotatable bonds is 6. The summed E-state index contributed by atoms with van der Waals surface area (Å²) in [7, 11) is 0. The molecule has 0 aromatic heterocycles.